The molecule has 0 atom stereocenters. The molecule has 0 aromatic carbocycles. The van der Waals surface area contributed by atoms with Crippen LogP contribution in [0.3, 0.4) is 0 Å². The lowest BCUT2D eigenvalue weighted by Gasteiger charge is -2.26. The van der Waals surface area contributed by atoms with Crippen LogP contribution in [0.4, 0.5) is 4.79 Å². The average molecular weight is 326 g/mol. The monoisotopic (exact) mass is 326 g/mol. The maximum atomic E-state index is 12.1. The first-order chi connectivity index (χ1) is 10.5. The Morgan fingerprint density at radius 2 is 1.82 bits per heavy atom. The van der Waals surface area contributed by atoms with Crippen molar-refractivity contribution in [1.29, 1.82) is 0 Å². The summed E-state index contributed by atoms with van der Waals surface area (Å²) in [7, 11) is 0. The highest BCUT2D eigenvalue weighted by Gasteiger charge is 2.31. The topological polar surface area (TPSA) is 83.6 Å². The molecule has 0 unspecified atom stereocenters. The Labute approximate surface area is 134 Å². The first-order valence-corrected chi connectivity index (χ1v) is 8.79. The molecule has 0 radical (unpaired) electrons. The van der Waals surface area contributed by atoms with Gasteiger partial charge in [-0.15, -0.1) is 0 Å². The number of amides is 3. The SMILES string of the molecule is CCC(=O)C1CCC(C(=O)NCCN2C(=O)CSC2=O)CC1. The summed E-state index contributed by atoms with van der Waals surface area (Å²) in [6, 6.07) is 0. The average Bonchev–Trinajstić information content (AvgIpc) is 2.86. The zero-order chi connectivity index (χ0) is 16.1. The van der Waals surface area contributed by atoms with Gasteiger partial charge in [0.2, 0.25) is 11.8 Å². The summed E-state index contributed by atoms with van der Waals surface area (Å²) in [6.45, 7) is 2.41. The molecule has 7 heteroatoms. The number of Topliss-reactive ketones (excluding diaryl/α,β-unsaturated/α-hetero) is 1. The van der Waals surface area contributed by atoms with Crippen LogP contribution in [0.1, 0.15) is 39.0 Å². The number of rotatable bonds is 6. The van der Waals surface area contributed by atoms with Gasteiger partial charge in [0, 0.05) is 31.3 Å². The molecule has 0 aromatic rings. The second kappa shape index (κ2) is 7.76. The maximum absolute atomic E-state index is 12.1. The number of nitrogens with zero attached hydrogens (tertiary/aromatic N) is 1. The molecule has 1 heterocycles. The van der Waals surface area contributed by atoms with E-state index in [1.165, 1.54) is 4.90 Å². The predicted molar refractivity (Wildman–Crippen MR) is 83.3 cm³/mol. The number of carbonyl (C=O) groups excluding carboxylic acids is 4. The standard InChI is InChI=1S/C15H22N2O4S/c1-2-12(18)10-3-5-11(6-4-10)14(20)16-7-8-17-13(19)9-22-15(17)21/h10-11H,2-9H2,1H3,(H,16,20). The second-order valence-corrected chi connectivity index (χ2v) is 6.69. The van der Waals surface area contributed by atoms with E-state index in [-0.39, 0.29) is 41.2 Å². The third kappa shape index (κ3) is 4.09. The fourth-order valence-corrected chi connectivity index (χ4v) is 3.75. The first-order valence-electron chi connectivity index (χ1n) is 7.80. The molecule has 122 valence electrons. The number of hydrogen-bond acceptors (Lipinski definition) is 5. The largest absolute Gasteiger partial charge is 0.354 e. The van der Waals surface area contributed by atoms with Crippen LogP contribution < -0.4 is 5.32 Å². The fraction of sp³-hybridized carbons (Fsp3) is 0.733. The molecular formula is C15H22N2O4S. The number of ketones is 1. The Hall–Kier alpha value is -1.37. The van der Waals surface area contributed by atoms with Crippen LogP contribution >= 0.6 is 11.8 Å². The Balaban J connectivity index is 1.69. The van der Waals surface area contributed by atoms with E-state index in [0.29, 0.717) is 18.7 Å². The van der Waals surface area contributed by atoms with Crippen molar-refractivity contribution in [1.82, 2.24) is 10.2 Å². The molecule has 1 aliphatic carbocycles. The van der Waals surface area contributed by atoms with Crippen molar-refractivity contribution >= 4 is 34.6 Å². The maximum Gasteiger partial charge on any atom is 0.288 e. The van der Waals surface area contributed by atoms with Crippen LogP contribution in [-0.2, 0) is 14.4 Å². The van der Waals surface area contributed by atoms with E-state index >= 15 is 0 Å². The molecule has 2 rings (SSSR count). The van der Waals surface area contributed by atoms with Gasteiger partial charge >= 0.3 is 0 Å². The number of nitrogens with one attached hydrogen (secondary N) is 1. The summed E-state index contributed by atoms with van der Waals surface area (Å²) in [5.41, 5.74) is 0. The van der Waals surface area contributed by atoms with Crippen molar-refractivity contribution in [2.75, 3.05) is 18.8 Å². The Morgan fingerprint density at radius 3 is 2.36 bits per heavy atom. The molecule has 0 spiro atoms. The van der Waals surface area contributed by atoms with E-state index in [1.54, 1.807) is 0 Å². The fourth-order valence-electron chi connectivity index (χ4n) is 3.00. The molecular weight excluding hydrogens is 304 g/mol. The predicted octanol–water partition coefficient (Wildman–Crippen LogP) is 1.58. The van der Waals surface area contributed by atoms with Crippen LogP contribution in [0.15, 0.2) is 0 Å². The third-order valence-electron chi connectivity index (χ3n) is 4.38. The van der Waals surface area contributed by atoms with Gasteiger partial charge in [-0.05, 0) is 25.7 Å². The van der Waals surface area contributed by atoms with Crippen molar-refractivity contribution in [3.05, 3.63) is 0 Å². The van der Waals surface area contributed by atoms with E-state index in [4.69, 9.17) is 0 Å². The molecule has 0 bridgehead atoms. The van der Waals surface area contributed by atoms with Crippen LogP contribution in [-0.4, -0.2) is 46.6 Å². The lowest BCUT2D eigenvalue weighted by molar-refractivity contribution is -0.129. The smallest absolute Gasteiger partial charge is 0.288 e. The van der Waals surface area contributed by atoms with Gasteiger partial charge in [0.15, 0.2) is 0 Å². The first kappa shape index (κ1) is 17.0. The van der Waals surface area contributed by atoms with Crippen molar-refractivity contribution in [2.45, 2.75) is 39.0 Å². The quantitative estimate of drug-likeness (QED) is 0.801. The van der Waals surface area contributed by atoms with E-state index < -0.39 is 0 Å². The van der Waals surface area contributed by atoms with E-state index in [1.807, 2.05) is 6.92 Å². The highest BCUT2D eigenvalue weighted by atomic mass is 32.2. The van der Waals surface area contributed by atoms with Crippen molar-refractivity contribution in [3.63, 3.8) is 0 Å². The Bertz CT molecular complexity index is 456. The minimum absolute atomic E-state index is 0.0332. The van der Waals surface area contributed by atoms with Gasteiger partial charge < -0.3 is 5.32 Å². The molecule has 2 aliphatic rings. The zero-order valence-electron chi connectivity index (χ0n) is 12.8. The Kier molecular flexibility index (Phi) is 5.99. The lowest BCUT2D eigenvalue weighted by atomic mass is 9.79. The highest BCUT2D eigenvalue weighted by molar-refractivity contribution is 8.14. The second-order valence-electron chi connectivity index (χ2n) is 5.76. The van der Waals surface area contributed by atoms with Crippen LogP contribution in [0.5, 0.6) is 0 Å². The van der Waals surface area contributed by atoms with E-state index in [2.05, 4.69) is 5.32 Å². The van der Waals surface area contributed by atoms with Crippen LogP contribution in [0, 0.1) is 11.8 Å². The summed E-state index contributed by atoms with van der Waals surface area (Å²) < 4.78 is 0. The minimum atomic E-state index is -0.238. The summed E-state index contributed by atoms with van der Waals surface area (Å²) in [4.78, 5) is 47.8. The van der Waals surface area contributed by atoms with Gasteiger partial charge in [0.1, 0.15) is 5.78 Å². The Morgan fingerprint density at radius 1 is 1.18 bits per heavy atom. The van der Waals surface area contributed by atoms with E-state index in [0.717, 1.165) is 37.4 Å². The lowest BCUT2D eigenvalue weighted by Crippen LogP contribution is -2.40. The van der Waals surface area contributed by atoms with Crippen molar-refractivity contribution < 1.29 is 19.2 Å². The minimum Gasteiger partial charge on any atom is -0.354 e. The summed E-state index contributed by atoms with van der Waals surface area (Å²) in [5, 5.41) is 2.56. The third-order valence-corrected chi connectivity index (χ3v) is 5.24. The van der Waals surface area contributed by atoms with Crippen molar-refractivity contribution in [3.8, 4) is 0 Å². The normalized spacial score (nSPS) is 25.4. The van der Waals surface area contributed by atoms with Gasteiger partial charge in [0.05, 0.1) is 5.75 Å². The van der Waals surface area contributed by atoms with Gasteiger partial charge in [-0.1, -0.05) is 18.7 Å². The number of imide groups is 1. The van der Waals surface area contributed by atoms with Crippen LogP contribution in [0.25, 0.3) is 0 Å². The number of thioether (sulfide) groups is 1. The van der Waals surface area contributed by atoms with Gasteiger partial charge in [-0.25, -0.2) is 0 Å². The molecule has 1 N–H and O–H groups in total. The summed E-state index contributed by atoms with van der Waals surface area (Å²) in [6.07, 6.45) is 3.60. The number of carbonyl (C=O) groups is 4. The molecule has 1 saturated carbocycles. The van der Waals surface area contributed by atoms with Gasteiger partial charge in [-0.2, -0.15) is 0 Å². The van der Waals surface area contributed by atoms with E-state index in [9.17, 15) is 19.2 Å². The molecule has 6 nitrogen and oxygen atoms in total. The molecule has 22 heavy (non-hydrogen) atoms. The molecule has 1 saturated heterocycles. The summed E-state index contributed by atoms with van der Waals surface area (Å²) >= 11 is 0.998. The number of hydrogen-bond donors (Lipinski definition) is 1. The van der Waals surface area contributed by atoms with Crippen molar-refractivity contribution in [2.24, 2.45) is 11.8 Å². The molecule has 0 aromatic heterocycles. The van der Waals surface area contributed by atoms with Gasteiger partial charge in [-0.3, -0.25) is 24.1 Å². The molecule has 2 fully saturated rings. The zero-order valence-corrected chi connectivity index (χ0v) is 13.6. The molecule has 3 amide bonds. The highest BCUT2D eigenvalue weighted by Crippen LogP contribution is 2.30. The molecule has 1 aliphatic heterocycles. The summed E-state index contributed by atoms with van der Waals surface area (Å²) in [5.74, 6) is 0.327. The van der Waals surface area contributed by atoms with Gasteiger partial charge in [0.25, 0.3) is 5.24 Å². The van der Waals surface area contributed by atoms with Crippen LogP contribution in [0.2, 0.25) is 0 Å².